The van der Waals surface area contributed by atoms with Crippen molar-refractivity contribution >= 4 is 33.5 Å². The van der Waals surface area contributed by atoms with Gasteiger partial charge in [-0.3, -0.25) is 4.79 Å². The molecule has 0 aliphatic carbocycles. The molecule has 0 spiro atoms. The highest BCUT2D eigenvalue weighted by molar-refractivity contribution is 9.10. The number of aromatic carboxylic acids is 1. The van der Waals surface area contributed by atoms with Crippen LogP contribution in [-0.4, -0.2) is 20.9 Å². The molecule has 1 aromatic carbocycles. The molecule has 7 heteroatoms. The van der Waals surface area contributed by atoms with Crippen LogP contribution in [0.5, 0.6) is 0 Å². The number of carbonyl (C=O) groups is 1. The van der Waals surface area contributed by atoms with E-state index in [0.29, 0.717) is 16.4 Å². The summed E-state index contributed by atoms with van der Waals surface area (Å²) in [6.07, 6.45) is 0. The van der Waals surface area contributed by atoms with Crippen molar-refractivity contribution in [2.24, 2.45) is 0 Å². The van der Waals surface area contributed by atoms with Crippen molar-refractivity contribution in [3.8, 4) is 5.69 Å². The molecule has 1 N–H and O–H groups in total. The molecule has 1 aromatic heterocycles. The quantitative estimate of drug-likeness (QED) is 0.910. The molecule has 0 radical (unpaired) electrons. The number of halogens is 2. The van der Waals surface area contributed by atoms with Gasteiger partial charge in [0.25, 0.3) is 0 Å². The number of carboxylic acids is 1. The summed E-state index contributed by atoms with van der Waals surface area (Å²) in [5.41, 5.74) is -0.0457. The van der Waals surface area contributed by atoms with Crippen LogP contribution >= 0.6 is 27.5 Å². The summed E-state index contributed by atoms with van der Waals surface area (Å²) >= 11 is 9.25. The molecule has 98 valence electrons. The summed E-state index contributed by atoms with van der Waals surface area (Å²) in [5, 5.41) is 13.2. The van der Waals surface area contributed by atoms with Gasteiger partial charge < -0.3 is 5.11 Å². The lowest BCUT2D eigenvalue weighted by Crippen LogP contribution is -2.22. The lowest BCUT2D eigenvalue weighted by molar-refractivity contribution is 0.0686. The Morgan fingerprint density at radius 1 is 1.42 bits per heavy atom. The lowest BCUT2D eigenvalue weighted by atomic mass is 10.3. The van der Waals surface area contributed by atoms with E-state index < -0.39 is 17.1 Å². The van der Waals surface area contributed by atoms with Crippen LogP contribution in [0.1, 0.15) is 16.2 Å². The minimum Gasteiger partial charge on any atom is -0.476 e. The van der Waals surface area contributed by atoms with Crippen LogP contribution in [0, 0.1) is 6.92 Å². The van der Waals surface area contributed by atoms with Crippen molar-refractivity contribution in [1.29, 1.82) is 0 Å². The normalized spacial score (nSPS) is 10.5. The maximum absolute atomic E-state index is 11.5. The standard InChI is InChI=1S/C12H8BrClN2O3/c1-6-4-10(17)11(12(18)19)15-16(6)7-2-3-8(13)9(14)5-7/h2-5H,1H3,(H,18,19). The Bertz CT molecular complexity index is 727. The Balaban J connectivity index is 2.68. The van der Waals surface area contributed by atoms with Crippen molar-refractivity contribution < 1.29 is 9.90 Å². The van der Waals surface area contributed by atoms with Crippen molar-refractivity contribution in [2.45, 2.75) is 6.92 Å². The van der Waals surface area contributed by atoms with Crippen LogP contribution in [0.15, 0.2) is 33.5 Å². The van der Waals surface area contributed by atoms with Gasteiger partial charge in [-0.25, -0.2) is 9.48 Å². The Hall–Kier alpha value is -1.66. The van der Waals surface area contributed by atoms with Crippen LogP contribution in [0.3, 0.4) is 0 Å². The summed E-state index contributed by atoms with van der Waals surface area (Å²) < 4.78 is 2.08. The monoisotopic (exact) mass is 342 g/mol. The molecule has 0 amide bonds. The number of aryl methyl sites for hydroxylation is 1. The van der Waals surface area contributed by atoms with Gasteiger partial charge >= 0.3 is 5.97 Å². The number of rotatable bonds is 2. The maximum atomic E-state index is 11.5. The van der Waals surface area contributed by atoms with Crippen LogP contribution in [0.25, 0.3) is 5.69 Å². The van der Waals surface area contributed by atoms with Gasteiger partial charge in [0.2, 0.25) is 11.1 Å². The molecule has 0 saturated carbocycles. The summed E-state index contributed by atoms with van der Waals surface area (Å²) in [4.78, 5) is 22.4. The number of nitrogens with zero attached hydrogens (tertiary/aromatic N) is 2. The third-order valence-electron chi connectivity index (χ3n) is 2.46. The summed E-state index contributed by atoms with van der Waals surface area (Å²) in [6.45, 7) is 1.66. The van der Waals surface area contributed by atoms with E-state index in [1.54, 1.807) is 25.1 Å². The molecule has 2 rings (SSSR count). The van der Waals surface area contributed by atoms with Gasteiger partial charge in [0.05, 0.1) is 10.7 Å². The maximum Gasteiger partial charge on any atom is 0.360 e. The second kappa shape index (κ2) is 5.14. The van der Waals surface area contributed by atoms with Crippen LogP contribution in [0.2, 0.25) is 5.02 Å². The van der Waals surface area contributed by atoms with E-state index in [0.717, 1.165) is 4.47 Å². The number of carboxylic acid groups (broad SMARTS) is 1. The average molecular weight is 344 g/mol. The number of benzene rings is 1. The van der Waals surface area contributed by atoms with Gasteiger partial charge in [-0.05, 0) is 41.1 Å². The van der Waals surface area contributed by atoms with E-state index in [2.05, 4.69) is 21.0 Å². The highest BCUT2D eigenvalue weighted by Crippen LogP contribution is 2.24. The van der Waals surface area contributed by atoms with E-state index in [4.69, 9.17) is 16.7 Å². The molecule has 0 saturated heterocycles. The number of aromatic nitrogens is 2. The first-order valence-corrected chi connectivity index (χ1v) is 6.37. The first kappa shape index (κ1) is 13.8. The first-order chi connectivity index (χ1) is 8.90. The molecule has 2 aromatic rings. The van der Waals surface area contributed by atoms with Gasteiger partial charge in [-0.15, -0.1) is 0 Å². The zero-order valence-electron chi connectivity index (χ0n) is 9.72. The van der Waals surface area contributed by atoms with Gasteiger partial charge in [-0.1, -0.05) is 11.6 Å². The van der Waals surface area contributed by atoms with Gasteiger partial charge in [-0.2, -0.15) is 5.10 Å². The van der Waals surface area contributed by atoms with Crippen LogP contribution in [-0.2, 0) is 0 Å². The molecule has 0 bridgehead atoms. The van der Waals surface area contributed by atoms with E-state index >= 15 is 0 Å². The second-order valence-electron chi connectivity index (χ2n) is 3.81. The molecule has 0 atom stereocenters. The zero-order valence-corrected chi connectivity index (χ0v) is 12.1. The van der Waals surface area contributed by atoms with Crippen molar-refractivity contribution in [3.63, 3.8) is 0 Å². The molecule has 1 heterocycles. The largest absolute Gasteiger partial charge is 0.476 e. The first-order valence-electron chi connectivity index (χ1n) is 5.20. The predicted molar refractivity (Wildman–Crippen MR) is 74.2 cm³/mol. The fourth-order valence-electron chi connectivity index (χ4n) is 1.57. The van der Waals surface area contributed by atoms with E-state index in [1.165, 1.54) is 10.7 Å². The molecular formula is C12H8BrClN2O3. The average Bonchev–Trinajstić information content (AvgIpc) is 2.32. The topological polar surface area (TPSA) is 72.2 Å². The zero-order chi connectivity index (χ0) is 14.2. The SMILES string of the molecule is Cc1cc(=O)c(C(=O)O)nn1-c1ccc(Br)c(Cl)c1. The molecule has 0 aliphatic rings. The van der Waals surface area contributed by atoms with Crippen LogP contribution in [0.4, 0.5) is 0 Å². The third-order valence-corrected chi connectivity index (χ3v) is 3.69. The molecular weight excluding hydrogens is 336 g/mol. The Morgan fingerprint density at radius 3 is 2.68 bits per heavy atom. The minimum atomic E-state index is -1.36. The predicted octanol–water partition coefficient (Wildman–Crippen LogP) is 2.66. The summed E-state index contributed by atoms with van der Waals surface area (Å²) in [7, 11) is 0. The van der Waals surface area contributed by atoms with Gasteiger partial charge in [0.1, 0.15) is 0 Å². The van der Waals surface area contributed by atoms with Crippen LogP contribution < -0.4 is 5.43 Å². The molecule has 19 heavy (non-hydrogen) atoms. The summed E-state index contributed by atoms with van der Waals surface area (Å²) in [5.74, 6) is -1.36. The highest BCUT2D eigenvalue weighted by Gasteiger charge is 2.14. The molecule has 0 fully saturated rings. The third kappa shape index (κ3) is 2.69. The van der Waals surface area contributed by atoms with E-state index in [9.17, 15) is 9.59 Å². The fraction of sp³-hybridized carbons (Fsp3) is 0.0833. The Morgan fingerprint density at radius 2 is 2.11 bits per heavy atom. The lowest BCUT2D eigenvalue weighted by Gasteiger charge is -2.10. The Labute approximate surface area is 121 Å². The fourth-order valence-corrected chi connectivity index (χ4v) is 2.00. The van der Waals surface area contributed by atoms with E-state index in [-0.39, 0.29) is 0 Å². The smallest absolute Gasteiger partial charge is 0.360 e. The van der Waals surface area contributed by atoms with E-state index in [1.807, 2.05) is 0 Å². The minimum absolute atomic E-state index is 0.467. The highest BCUT2D eigenvalue weighted by atomic mass is 79.9. The van der Waals surface area contributed by atoms with Gasteiger partial charge in [0.15, 0.2) is 0 Å². The molecule has 0 unspecified atom stereocenters. The number of hydrogen-bond donors (Lipinski definition) is 1. The van der Waals surface area contributed by atoms with Gasteiger partial charge in [0, 0.05) is 16.2 Å². The van der Waals surface area contributed by atoms with Crippen molar-refractivity contribution in [2.75, 3.05) is 0 Å². The molecule has 5 nitrogen and oxygen atoms in total. The summed E-state index contributed by atoms with van der Waals surface area (Å²) in [6, 6.07) is 6.29. The molecule has 0 aliphatic heterocycles. The second-order valence-corrected chi connectivity index (χ2v) is 5.08. The Kier molecular flexibility index (Phi) is 3.73. The van der Waals surface area contributed by atoms with Crippen molar-refractivity contribution in [1.82, 2.24) is 9.78 Å². The van der Waals surface area contributed by atoms with Crippen molar-refractivity contribution in [3.05, 3.63) is 55.4 Å². The number of hydrogen-bond acceptors (Lipinski definition) is 3.